The number of amides is 2. The summed E-state index contributed by atoms with van der Waals surface area (Å²) >= 11 is 0. The summed E-state index contributed by atoms with van der Waals surface area (Å²) in [7, 11) is 3.98. The summed E-state index contributed by atoms with van der Waals surface area (Å²) < 4.78 is 0. The number of benzene rings is 1. The molecule has 0 saturated heterocycles. The average molecular weight is 356 g/mol. The summed E-state index contributed by atoms with van der Waals surface area (Å²) in [5, 5.41) is 8.62. The second-order valence-electron chi connectivity index (χ2n) is 6.08. The Balaban J connectivity index is 1.86. The van der Waals surface area contributed by atoms with Crippen LogP contribution in [0.3, 0.4) is 0 Å². The van der Waals surface area contributed by atoms with Gasteiger partial charge >= 0.3 is 0 Å². The van der Waals surface area contributed by atoms with Crippen molar-refractivity contribution in [2.45, 2.75) is 13.3 Å². The number of aromatic nitrogens is 2. The first-order valence-electron chi connectivity index (χ1n) is 8.33. The van der Waals surface area contributed by atoms with Crippen LogP contribution >= 0.6 is 0 Å². The highest BCUT2D eigenvalue weighted by molar-refractivity contribution is 5.92. The molecule has 0 aliphatic rings. The van der Waals surface area contributed by atoms with E-state index in [1.54, 1.807) is 12.1 Å². The van der Waals surface area contributed by atoms with E-state index in [1.807, 2.05) is 26.2 Å². The fraction of sp³-hybridized carbons (Fsp3) is 0.333. The predicted octanol–water partition coefficient (Wildman–Crippen LogP) is 1.86. The van der Waals surface area contributed by atoms with E-state index in [-0.39, 0.29) is 17.5 Å². The Morgan fingerprint density at radius 3 is 2.31 bits per heavy atom. The Labute approximate surface area is 153 Å². The van der Waals surface area contributed by atoms with Crippen molar-refractivity contribution >= 4 is 29.0 Å². The maximum absolute atomic E-state index is 12.0. The molecule has 0 bridgehead atoms. The van der Waals surface area contributed by atoms with Crippen molar-refractivity contribution < 1.29 is 9.59 Å². The van der Waals surface area contributed by atoms with Crippen LogP contribution in [0.25, 0.3) is 0 Å². The van der Waals surface area contributed by atoms with E-state index in [9.17, 15) is 9.59 Å². The van der Waals surface area contributed by atoms with Gasteiger partial charge in [0.05, 0.1) is 12.4 Å². The van der Waals surface area contributed by atoms with Gasteiger partial charge in [0.2, 0.25) is 5.91 Å². The lowest BCUT2D eigenvalue weighted by molar-refractivity contribution is -0.114. The zero-order valence-electron chi connectivity index (χ0n) is 15.2. The lowest BCUT2D eigenvalue weighted by Crippen LogP contribution is -2.27. The third kappa shape index (κ3) is 6.48. The standard InChI is InChI=1S/C18H24N6O2/c1-13(25)22-14-5-7-15(8-6-14)23-17-12-20-16(11-21-17)18(26)19-9-4-10-24(2)3/h5-8,11-12H,4,9-10H2,1-3H3,(H,19,26)(H,21,23)(H,22,25). The molecule has 0 radical (unpaired) electrons. The van der Waals surface area contributed by atoms with Gasteiger partial charge in [-0.1, -0.05) is 0 Å². The van der Waals surface area contributed by atoms with Gasteiger partial charge in [0.25, 0.3) is 5.91 Å². The van der Waals surface area contributed by atoms with Gasteiger partial charge in [-0.25, -0.2) is 9.97 Å². The van der Waals surface area contributed by atoms with E-state index in [1.165, 1.54) is 19.3 Å². The van der Waals surface area contributed by atoms with Gasteiger partial charge in [-0.2, -0.15) is 0 Å². The van der Waals surface area contributed by atoms with Gasteiger partial charge in [-0.3, -0.25) is 9.59 Å². The molecule has 0 unspecified atom stereocenters. The monoisotopic (exact) mass is 356 g/mol. The summed E-state index contributed by atoms with van der Waals surface area (Å²) in [5.41, 5.74) is 1.80. The molecule has 2 rings (SSSR count). The number of nitrogens with one attached hydrogen (secondary N) is 3. The quantitative estimate of drug-likeness (QED) is 0.625. The predicted molar refractivity (Wildman–Crippen MR) is 102 cm³/mol. The highest BCUT2D eigenvalue weighted by atomic mass is 16.2. The van der Waals surface area contributed by atoms with Crippen LogP contribution in [0, 0.1) is 0 Å². The summed E-state index contributed by atoms with van der Waals surface area (Å²) in [4.78, 5) is 33.4. The average Bonchev–Trinajstić information content (AvgIpc) is 2.60. The fourth-order valence-corrected chi connectivity index (χ4v) is 2.19. The van der Waals surface area contributed by atoms with Crippen molar-refractivity contribution in [2.75, 3.05) is 37.8 Å². The minimum Gasteiger partial charge on any atom is -0.351 e. The normalized spacial score (nSPS) is 10.5. The maximum Gasteiger partial charge on any atom is 0.271 e. The number of hydrogen-bond donors (Lipinski definition) is 3. The molecular formula is C18H24N6O2. The van der Waals surface area contributed by atoms with E-state index in [4.69, 9.17) is 0 Å². The number of rotatable bonds is 8. The Morgan fingerprint density at radius 1 is 1.04 bits per heavy atom. The molecule has 0 aliphatic heterocycles. The second kappa shape index (κ2) is 9.47. The lowest BCUT2D eigenvalue weighted by Gasteiger charge is -2.10. The molecule has 1 aromatic heterocycles. The summed E-state index contributed by atoms with van der Waals surface area (Å²) in [5.74, 6) is 0.177. The summed E-state index contributed by atoms with van der Waals surface area (Å²) in [6, 6.07) is 7.20. The van der Waals surface area contributed by atoms with Gasteiger partial charge in [0.1, 0.15) is 11.5 Å². The fourth-order valence-electron chi connectivity index (χ4n) is 2.19. The SMILES string of the molecule is CC(=O)Nc1ccc(Nc2cnc(C(=O)NCCCN(C)C)cn2)cc1. The van der Waals surface area contributed by atoms with Crippen LogP contribution in [-0.2, 0) is 4.79 Å². The molecule has 0 fully saturated rings. The van der Waals surface area contributed by atoms with E-state index < -0.39 is 0 Å². The minimum absolute atomic E-state index is 0.118. The summed E-state index contributed by atoms with van der Waals surface area (Å²) in [6.07, 6.45) is 3.83. The topological polar surface area (TPSA) is 99.2 Å². The first kappa shape index (κ1) is 19.3. The number of nitrogens with zero attached hydrogens (tertiary/aromatic N) is 3. The van der Waals surface area contributed by atoms with E-state index in [0.717, 1.165) is 24.3 Å². The molecule has 8 heteroatoms. The first-order valence-corrected chi connectivity index (χ1v) is 8.33. The first-order chi connectivity index (χ1) is 12.4. The van der Waals surface area contributed by atoms with E-state index in [0.29, 0.717) is 12.4 Å². The van der Waals surface area contributed by atoms with Crippen molar-refractivity contribution in [3.63, 3.8) is 0 Å². The van der Waals surface area contributed by atoms with Crippen molar-refractivity contribution in [1.29, 1.82) is 0 Å². The third-order valence-corrected chi connectivity index (χ3v) is 3.43. The third-order valence-electron chi connectivity index (χ3n) is 3.43. The van der Waals surface area contributed by atoms with Gasteiger partial charge in [0, 0.05) is 24.8 Å². The van der Waals surface area contributed by atoms with Crippen LogP contribution in [0.1, 0.15) is 23.8 Å². The van der Waals surface area contributed by atoms with E-state index >= 15 is 0 Å². The van der Waals surface area contributed by atoms with Crippen molar-refractivity contribution in [2.24, 2.45) is 0 Å². The zero-order chi connectivity index (χ0) is 18.9. The van der Waals surface area contributed by atoms with Crippen molar-refractivity contribution in [3.05, 3.63) is 42.4 Å². The smallest absolute Gasteiger partial charge is 0.271 e. The Hall–Kier alpha value is -3.00. The summed E-state index contributed by atoms with van der Waals surface area (Å²) in [6.45, 7) is 2.97. The maximum atomic E-state index is 12.0. The van der Waals surface area contributed by atoms with Crippen molar-refractivity contribution in [1.82, 2.24) is 20.2 Å². The number of hydrogen-bond acceptors (Lipinski definition) is 6. The van der Waals surface area contributed by atoms with Gasteiger partial charge in [-0.15, -0.1) is 0 Å². The largest absolute Gasteiger partial charge is 0.351 e. The minimum atomic E-state index is -0.234. The highest BCUT2D eigenvalue weighted by Crippen LogP contribution is 2.17. The van der Waals surface area contributed by atoms with Crippen LogP contribution in [0.5, 0.6) is 0 Å². The molecule has 8 nitrogen and oxygen atoms in total. The molecule has 2 aromatic rings. The van der Waals surface area contributed by atoms with Crippen LogP contribution in [0.4, 0.5) is 17.2 Å². The second-order valence-corrected chi connectivity index (χ2v) is 6.08. The molecule has 138 valence electrons. The molecule has 3 N–H and O–H groups in total. The van der Waals surface area contributed by atoms with Crippen LogP contribution < -0.4 is 16.0 Å². The van der Waals surface area contributed by atoms with Crippen LogP contribution in [-0.4, -0.2) is 53.9 Å². The Bertz CT molecular complexity index is 728. The van der Waals surface area contributed by atoms with Crippen molar-refractivity contribution in [3.8, 4) is 0 Å². The lowest BCUT2D eigenvalue weighted by atomic mass is 10.2. The molecule has 26 heavy (non-hydrogen) atoms. The molecule has 1 heterocycles. The molecule has 2 amide bonds. The van der Waals surface area contributed by atoms with Crippen LogP contribution in [0.15, 0.2) is 36.7 Å². The molecule has 0 saturated carbocycles. The zero-order valence-corrected chi connectivity index (χ0v) is 15.2. The molecule has 0 atom stereocenters. The Kier molecular flexibility index (Phi) is 7.04. The van der Waals surface area contributed by atoms with Gasteiger partial charge in [-0.05, 0) is 51.3 Å². The van der Waals surface area contributed by atoms with Gasteiger partial charge in [0.15, 0.2) is 0 Å². The molecule has 1 aromatic carbocycles. The number of carbonyl (C=O) groups excluding carboxylic acids is 2. The van der Waals surface area contributed by atoms with E-state index in [2.05, 4.69) is 30.8 Å². The molecule has 0 aliphatic carbocycles. The molecular weight excluding hydrogens is 332 g/mol. The van der Waals surface area contributed by atoms with Crippen LogP contribution in [0.2, 0.25) is 0 Å². The molecule has 0 spiro atoms. The highest BCUT2D eigenvalue weighted by Gasteiger charge is 2.07. The number of carbonyl (C=O) groups is 2. The Morgan fingerprint density at radius 2 is 1.73 bits per heavy atom. The number of anilines is 3. The van der Waals surface area contributed by atoms with Gasteiger partial charge < -0.3 is 20.9 Å².